The number of carbonyl (C=O) groups is 2. The Morgan fingerprint density at radius 3 is 1.46 bits per heavy atom. The second-order valence-corrected chi connectivity index (χ2v) is 18.3. The van der Waals surface area contributed by atoms with Crippen LogP contribution in [0.1, 0.15) is 168 Å². The summed E-state index contributed by atoms with van der Waals surface area (Å²) in [5.41, 5.74) is 0. The van der Waals surface area contributed by atoms with Gasteiger partial charge in [-0.15, -0.1) is 0 Å². The summed E-state index contributed by atoms with van der Waals surface area (Å²) in [5, 5.41) is 72.1. The van der Waals surface area contributed by atoms with Gasteiger partial charge in [0.2, 0.25) is 0 Å². The summed E-state index contributed by atoms with van der Waals surface area (Å²) < 4.78 is 33.5. The van der Waals surface area contributed by atoms with E-state index in [9.17, 15) is 45.3 Å². The minimum atomic E-state index is -1.78. The van der Waals surface area contributed by atoms with Crippen molar-refractivity contribution in [2.24, 2.45) is 0 Å². The molecule has 2 fully saturated rings. The van der Waals surface area contributed by atoms with Crippen molar-refractivity contribution in [3.63, 3.8) is 0 Å². The molecular formula is C55H92O15. The highest BCUT2D eigenvalue weighted by atomic mass is 16.7. The van der Waals surface area contributed by atoms with Crippen molar-refractivity contribution in [1.29, 1.82) is 0 Å². The Kier molecular flexibility index (Phi) is 37.3. The van der Waals surface area contributed by atoms with Gasteiger partial charge in [0.25, 0.3) is 0 Å². The number of unbranched alkanes of at least 4 members (excludes halogenated alkanes) is 14. The van der Waals surface area contributed by atoms with Gasteiger partial charge in [-0.1, -0.05) is 145 Å². The highest BCUT2D eigenvalue weighted by molar-refractivity contribution is 5.70. The Labute approximate surface area is 419 Å². The standard InChI is InChI=1S/C55H92O15/c1-3-5-7-9-11-13-15-17-19-20-21-22-24-25-27-29-31-33-35-37-46(57)65-40-43(68-47(58)38-36-34-32-30-28-26-23-18-16-14-12-10-8-6-4-2)41-66-54-53(64)51(62)49(60)45(70-54)42-67-55-52(63)50(61)48(59)44(39-56)69-55/h5,7,11,13,17,19,21-22,25,27-28,30,43-45,48-56,59-64H,3-4,6,8-10,12,14-16,18,20,23-24,26,29,31-42H2,1-2H3/b7-5+,13-11+,19-17+,22-21+,27-25+,30-28+/t43-,44+,45+,48-,49-,50?,51?,52?,53?,54+,55+/m0/s1. The lowest BCUT2D eigenvalue weighted by Crippen LogP contribution is -2.61. The molecule has 11 atom stereocenters. The minimum Gasteiger partial charge on any atom is -0.462 e. The van der Waals surface area contributed by atoms with Crippen molar-refractivity contribution in [3.05, 3.63) is 72.9 Å². The number of carbonyl (C=O) groups excluding carboxylic acids is 2. The second kappa shape index (κ2) is 41.4. The van der Waals surface area contributed by atoms with Crippen molar-refractivity contribution in [2.75, 3.05) is 26.4 Å². The maximum absolute atomic E-state index is 13.0. The summed E-state index contributed by atoms with van der Waals surface area (Å²) in [5.74, 6) is -0.993. The molecule has 2 rings (SSSR count). The lowest BCUT2D eigenvalue weighted by molar-refractivity contribution is -0.332. The molecule has 0 radical (unpaired) electrons. The van der Waals surface area contributed by atoms with E-state index in [4.69, 9.17) is 28.4 Å². The number of aliphatic hydroxyl groups is 7. The van der Waals surface area contributed by atoms with Gasteiger partial charge in [-0.2, -0.15) is 0 Å². The van der Waals surface area contributed by atoms with Gasteiger partial charge in [0, 0.05) is 12.8 Å². The van der Waals surface area contributed by atoms with Gasteiger partial charge in [0.15, 0.2) is 18.7 Å². The molecule has 70 heavy (non-hydrogen) atoms. The van der Waals surface area contributed by atoms with E-state index in [1.807, 2.05) is 0 Å². The molecule has 4 unspecified atom stereocenters. The number of hydrogen-bond acceptors (Lipinski definition) is 15. The first-order chi connectivity index (χ1) is 34.0. The largest absolute Gasteiger partial charge is 0.462 e. The number of esters is 2. The Morgan fingerprint density at radius 1 is 0.471 bits per heavy atom. The molecule has 0 spiro atoms. The van der Waals surface area contributed by atoms with Gasteiger partial charge < -0.3 is 64.2 Å². The fourth-order valence-electron chi connectivity index (χ4n) is 7.82. The summed E-state index contributed by atoms with van der Waals surface area (Å²) in [6, 6.07) is 0. The molecule has 402 valence electrons. The van der Waals surface area contributed by atoms with Crippen LogP contribution >= 0.6 is 0 Å². The van der Waals surface area contributed by atoms with Crippen LogP contribution in [-0.2, 0) is 38.0 Å². The zero-order valence-electron chi connectivity index (χ0n) is 42.5. The van der Waals surface area contributed by atoms with Gasteiger partial charge in [-0.25, -0.2) is 0 Å². The van der Waals surface area contributed by atoms with E-state index in [-0.39, 0.29) is 19.4 Å². The van der Waals surface area contributed by atoms with Gasteiger partial charge in [0.1, 0.15) is 55.4 Å². The molecule has 0 bridgehead atoms. The summed E-state index contributed by atoms with van der Waals surface area (Å²) in [6.07, 6.45) is 32.2. The number of allylic oxidation sites excluding steroid dienone is 12. The Balaban J connectivity index is 1.82. The average Bonchev–Trinajstić information content (AvgIpc) is 3.35. The Morgan fingerprint density at radius 2 is 0.900 bits per heavy atom. The van der Waals surface area contributed by atoms with E-state index in [0.29, 0.717) is 12.8 Å². The maximum atomic E-state index is 13.0. The quantitative estimate of drug-likeness (QED) is 0.0176. The molecule has 0 aliphatic carbocycles. The first-order valence-electron chi connectivity index (χ1n) is 26.5. The third-order valence-corrected chi connectivity index (χ3v) is 12.2. The first-order valence-corrected chi connectivity index (χ1v) is 26.5. The molecule has 15 nitrogen and oxygen atoms in total. The number of aliphatic hydroxyl groups excluding tert-OH is 7. The third-order valence-electron chi connectivity index (χ3n) is 12.2. The molecule has 0 aromatic rings. The van der Waals surface area contributed by atoms with Crippen molar-refractivity contribution in [1.82, 2.24) is 0 Å². The van der Waals surface area contributed by atoms with Crippen molar-refractivity contribution in [2.45, 2.75) is 235 Å². The Bertz CT molecular complexity index is 1490. The second-order valence-electron chi connectivity index (χ2n) is 18.3. The van der Waals surface area contributed by atoms with Crippen LogP contribution in [0.5, 0.6) is 0 Å². The highest BCUT2D eigenvalue weighted by Gasteiger charge is 2.47. The van der Waals surface area contributed by atoms with E-state index in [1.165, 1.54) is 57.8 Å². The van der Waals surface area contributed by atoms with Crippen LogP contribution in [0, 0.1) is 0 Å². The van der Waals surface area contributed by atoms with Crippen molar-refractivity contribution in [3.8, 4) is 0 Å². The molecule has 0 saturated carbocycles. The summed E-state index contributed by atoms with van der Waals surface area (Å²) in [7, 11) is 0. The normalized spacial score (nSPS) is 26.0. The molecule has 2 heterocycles. The van der Waals surface area contributed by atoms with E-state index in [0.717, 1.165) is 70.6 Å². The summed E-state index contributed by atoms with van der Waals surface area (Å²) >= 11 is 0. The first kappa shape index (κ1) is 63.1. The maximum Gasteiger partial charge on any atom is 0.306 e. The molecular weight excluding hydrogens is 901 g/mol. The van der Waals surface area contributed by atoms with Crippen molar-refractivity contribution < 1.29 is 73.8 Å². The predicted molar refractivity (Wildman–Crippen MR) is 270 cm³/mol. The van der Waals surface area contributed by atoms with Crippen LogP contribution in [0.2, 0.25) is 0 Å². The van der Waals surface area contributed by atoms with E-state index >= 15 is 0 Å². The highest BCUT2D eigenvalue weighted by Crippen LogP contribution is 2.26. The lowest BCUT2D eigenvalue weighted by atomic mass is 9.98. The van der Waals surface area contributed by atoms with Crippen LogP contribution < -0.4 is 0 Å². The van der Waals surface area contributed by atoms with E-state index in [1.54, 1.807) is 0 Å². The molecule has 0 aromatic carbocycles. The SMILES string of the molecule is CC/C=C/C/C=C/C/C=C/C/C=C/C/C=C/CCCCCC(=O)OC[C@@H](CO[C@@H]1O[C@H](CO[C@@H]2O[C@H](CO)[C@H](O)C(O)C2O)[C@H](O)C(O)C1O)OC(=O)CCCC/C=C/CCCCCCCCCCC. The molecule has 15 heteroatoms. The zero-order chi connectivity index (χ0) is 51.0. The van der Waals surface area contributed by atoms with Gasteiger partial charge in [0.05, 0.1) is 19.8 Å². The zero-order valence-corrected chi connectivity index (χ0v) is 42.5. The molecule has 0 amide bonds. The van der Waals surface area contributed by atoms with E-state index in [2.05, 4.69) is 86.8 Å². The van der Waals surface area contributed by atoms with Gasteiger partial charge >= 0.3 is 11.9 Å². The smallest absolute Gasteiger partial charge is 0.306 e. The fourth-order valence-corrected chi connectivity index (χ4v) is 7.82. The number of rotatable bonds is 40. The van der Waals surface area contributed by atoms with Gasteiger partial charge in [-0.3, -0.25) is 9.59 Å². The number of hydrogen-bond donors (Lipinski definition) is 7. The summed E-state index contributed by atoms with van der Waals surface area (Å²) in [6.45, 7) is 2.41. The molecule has 7 N–H and O–H groups in total. The average molecular weight is 993 g/mol. The summed E-state index contributed by atoms with van der Waals surface area (Å²) in [4.78, 5) is 25.8. The number of ether oxygens (including phenoxy) is 6. The molecule has 2 saturated heterocycles. The van der Waals surface area contributed by atoms with Crippen LogP contribution in [0.4, 0.5) is 0 Å². The van der Waals surface area contributed by atoms with Crippen LogP contribution in [0.25, 0.3) is 0 Å². The van der Waals surface area contributed by atoms with Crippen LogP contribution in [-0.4, -0.2) is 142 Å². The predicted octanol–water partition coefficient (Wildman–Crippen LogP) is 7.82. The molecule has 0 aromatic heterocycles. The Hall–Kier alpha value is -3.06. The van der Waals surface area contributed by atoms with E-state index < -0.39 is 99.3 Å². The van der Waals surface area contributed by atoms with Crippen LogP contribution in [0.3, 0.4) is 0 Å². The fraction of sp³-hybridized carbons (Fsp3) is 0.745. The topological polar surface area (TPSA) is 231 Å². The minimum absolute atomic E-state index is 0.124. The monoisotopic (exact) mass is 993 g/mol. The molecule has 2 aliphatic rings. The van der Waals surface area contributed by atoms with Crippen LogP contribution in [0.15, 0.2) is 72.9 Å². The lowest BCUT2D eigenvalue weighted by Gasteiger charge is -2.42. The third kappa shape index (κ3) is 28.8. The van der Waals surface area contributed by atoms with Gasteiger partial charge in [-0.05, 0) is 83.5 Å². The molecule has 2 aliphatic heterocycles. The van der Waals surface area contributed by atoms with Crippen molar-refractivity contribution >= 4 is 11.9 Å².